The van der Waals surface area contributed by atoms with Gasteiger partial charge in [0.05, 0.1) is 0 Å². The molecule has 1 aliphatic rings. The second-order valence-corrected chi connectivity index (χ2v) is 14.6. The lowest BCUT2D eigenvalue weighted by Crippen LogP contribution is -1.92. The van der Waals surface area contributed by atoms with Crippen LogP contribution in [0.4, 0.5) is 0 Å². The standard InChI is InChI=1S/C52H32O2/c1-2-12-31(13-3-1)33-24-25-40(35-15-5-4-14-34(33)35)50-38-18-8-6-16-36(38)49(37-17-7-9-19-39(37)50)32-22-23-44-48(30-32)54-47-29-27-41-42(52(44)47)26-28-46-51(41)43-20-10-11-21-45(43)53-46/h1-9,11-19,21-30H,10,20H2. The van der Waals surface area contributed by atoms with E-state index in [1.54, 1.807) is 0 Å². The van der Waals surface area contributed by atoms with E-state index in [0.717, 1.165) is 51.7 Å². The Balaban J connectivity index is 1.10. The van der Waals surface area contributed by atoms with Crippen LogP contribution >= 0.6 is 0 Å². The van der Waals surface area contributed by atoms with Crippen molar-refractivity contribution in [3.05, 3.63) is 175 Å². The summed E-state index contributed by atoms with van der Waals surface area (Å²) in [6.45, 7) is 0. The molecule has 0 unspecified atom stereocenters. The van der Waals surface area contributed by atoms with E-state index in [1.165, 1.54) is 81.9 Å². The van der Waals surface area contributed by atoms with Crippen LogP contribution in [-0.2, 0) is 6.42 Å². The number of furan rings is 2. The number of allylic oxidation sites excluding steroid dienone is 1. The van der Waals surface area contributed by atoms with E-state index in [9.17, 15) is 0 Å². The van der Waals surface area contributed by atoms with Crippen molar-refractivity contribution in [2.45, 2.75) is 12.8 Å². The molecule has 0 saturated heterocycles. The zero-order valence-electron chi connectivity index (χ0n) is 29.4. The summed E-state index contributed by atoms with van der Waals surface area (Å²) in [5.41, 5.74) is 11.4. The maximum atomic E-state index is 6.71. The van der Waals surface area contributed by atoms with Crippen LogP contribution in [0.5, 0.6) is 0 Å². The Morgan fingerprint density at radius 2 is 0.944 bits per heavy atom. The molecule has 0 aliphatic heterocycles. The summed E-state index contributed by atoms with van der Waals surface area (Å²) in [4.78, 5) is 0. The summed E-state index contributed by atoms with van der Waals surface area (Å²) in [6, 6.07) is 57.5. The van der Waals surface area contributed by atoms with Gasteiger partial charge in [0, 0.05) is 21.7 Å². The summed E-state index contributed by atoms with van der Waals surface area (Å²) >= 11 is 0. The highest BCUT2D eigenvalue weighted by Crippen LogP contribution is 2.48. The molecule has 0 radical (unpaired) electrons. The molecule has 0 bridgehead atoms. The summed E-state index contributed by atoms with van der Waals surface area (Å²) in [7, 11) is 0. The van der Waals surface area contributed by atoms with E-state index in [0.29, 0.717) is 0 Å². The van der Waals surface area contributed by atoms with Gasteiger partial charge in [-0.15, -0.1) is 0 Å². The molecule has 54 heavy (non-hydrogen) atoms. The van der Waals surface area contributed by atoms with Crippen molar-refractivity contribution in [1.29, 1.82) is 0 Å². The highest BCUT2D eigenvalue weighted by atomic mass is 16.3. The Hall–Kier alpha value is -6.90. The second-order valence-electron chi connectivity index (χ2n) is 14.6. The average molecular weight is 689 g/mol. The highest BCUT2D eigenvalue weighted by molar-refractivity contribution is 6.26. The van der Waals surface area contributed by atoms with Gasteiger partial charge in [-0.05, 0) is 132 Å². The molecular weight excluding hydrogens is 657 g/mol. The molecule has 2 heterocycles. The molecule has 11 aromatic rings. The van der Waals surface area contributed by atoms with Gasteiger partial charge in [-0.1, -0.05) is 127 Å². The number of hydrogen-bond donors (Lipinski definition) is 0. The first-order chi connectivity index (χ1) is 26.8. The smallest absolute Gasteiger partial charge is 0.136 e. The first-order valence-corrected chi connectivity index (χ1v) is 18.8. The SMILES string of the molecule is C1=Cc2oc3ccc4c(ccc5oc6cc(-c7c8ccccc8c(-c8ccc(-c9ccccc9)c9ccccc89)c8ccccc78)ccc6c54)c3c2CC1. The van der Waals surface area contributed by atoms with Gasteiger partial charge in [0.2, 0.25) is 0 Å². The Bertz CT molecular complexity index is 3320. The van der Waals surface area contributed by atoms with Crippen LogP contribution in [0.1, 0.15) is 17.7 Å². The zero-order valence-corrected chi connectivity index (χ0v) is 29.4. The predicted molar refractivity (Wildman–Crippen MR) is 227 cm³/mol. The normalized spacial score (nSPS) is 13.0. The minimum atomic E-state index is 0.895. The number of fused-ring (bicyclic) bond motifs is 12. The molecule has 9 aromatic carbocycles. The van der Waals surface area contributed by atoms with Crippen molar-refractivity contribution in [3.8, 4) is 33.4 Å². The molecular formula is C52H32O2. The van der Waals surface area contributed by atoms with E-state index < -0.39 is 0 Å². The average Bonchev–Trinajstić information content (AvgIpc) is 3.81. The van der Waals surface area contributed by atoms with Crippen LogP contribution in [0.2, 0.25) is 0 Å². The molecule has 0 atom stereocenters. The van der Waals surface area contributed by atoms with Crippen LogP contribution in [0.25, 0.3) is 115 Å². The third-order valence-electron chi connectivity index (χ3n) is 11.7. The zero-order chi connectivity index (χ0) is 35.3. The van der Waals surface area contributed by atoms with E-state index in [1.807, 2.05) is 0 Å². The number of aryl methyl sites for hydroxylation is 1. The molecule has 1 aliphatic carbocycles. The largest absolute Gasteiger partial charge is 0.456 e. The van der Waals surface area contributed by atoms with Crippen LogP contribution in [0, 0.1) is 0 Å². The fraction of sp³-hybridized carbons (Fsp3) is 0.0385. The summed E-state index contributed by atoms with van der Waals surface area (Å²) < 4.78 is 13.0. The van der Waals surface area contributed by atoms with Crippen molar-refractivity contribution in [1.82, 2.24) is 0 Å². The van der Waals surface area contributed by atoms with Gasteiger partial charge in [0.25, 0.3) is 0 Å². The third kappa shape index (κ3) is 4.17. The summed E-state index contributed by atoms with van der Waals surface area (Å²) in [5, 5.41) is 13.4. The van der Waals surface area contributed by atoms with Gasteiger partial charge in [-0.3, -0.25) is 0 Å². The highest BCUT2D eigenvalue weighted by Gasteiger charge is 2.22. The van der Waals surface area contributed by atoms with Gasteiger partial charge in [-0.2, -0.15) is 0 Å². The molecule has 2 heteroatoms. The Morgan fingerprint density at radius 1 is 0.370 bits per heavy atom. The van der Waals surface area contributed by atoms with E-state index in [4.69, 9.17) is 8.83 Å². The van der Waals surface area contributed by atoms with E-state index >= 15 is 0 Å². The van der Waals surface area contributed by atoms with Crippen molar-refractivity contribution in [2.75, 3.05) is 0 Å². The lowest BCUT2D eigenvalue weighted by molar-refractivity contribution is 0.595. The Morgan fingerprint density at radius 3 is 1.67 bits per heavy atom. The molecule has 0 N–H and O–H groups in total. The molecule has 2 aromatic heterocycles. The summed E-state index contributed by atoms with van der Waals surface area (Å²) in [6.07, 6.45) is 6.37. The number of benzene rings is 9. The van der Waals surface area contributed by atoms with Crippen LogP contribution in [0.15, 0.2) is 173 Å². The van der Waals surface area contributed by atoms with Gasteiger partial charge >= 0.3 is 0 Å². The lowest BCUT2D eigenvalue weighted by atomic mass is 9.83. The van der Waals surface area contributed by atoms with Crippen molar-refractivity contribution in [2.24, 2.45) is 0 Å². The first kappa shape index (κ1) is 29.7. The molecule has 252 valence electrons. The van der Waals surface area contributed by atoms with Gasteiger partial charge in [0.15, 0.2) is 0 Å². The monoisotopic (exact) mass is 688 g/mol. The van der Waals surface area contributed by atoms with Crippen molar-refractivity contribution in [3.63, 3.8) is 0 Å². The predicted octanol–water partition coefficient (Wildman–Crippen LogP) is 14.9. The van der Waals surface area contributed by atoms with Crippen molar-refractivity contribution < 1.29 is 8.83 Å². The van der Waals surface area contributed by atoms with Gasteiger partial charge in [0.1, 0.15) is 22.5 Å². The molecule has 0 amide bonds. The summed E-state index contributed by atoms with van der Waals surface area (Å²) in [5.74, 6) is 0.994. The molecule has 0 fully saturated rings. The van der Waals surface area contributed by atoms with Gasteiger partial charge < -0.3 is 8.83 Å². The Kier molecular flexibility index (Phi) is 6.20. The first-order valence-electron chi connectivity index (χ1n) is 18.8. The number of hydrogen-bond acceptors (Lipinski definition) is 2. The maximum Gasteiger partial charge on any atom is 0.136 e. The van der Waals surface area contributed by atoms with Gasteiger partial charge in [-0.25, -0.2) is 0 Å². The second kappa shape index (κ2) is 11.3. The third-order valence-corrected chi connectivity index (χ3v) is 11.7. The molecule has 12 rings (SSSR count). The van der Waals surface area contributed by atoms with Crippen LogP contribution in [0.3, 0.4) is 0 Å². The van der Waals surface area contributed by atoms with E-state index in [2.05, 4.69) is 170 Å². The lowest BCUT2D eigenvalue weighted by Gasteiger charge is -2.19. The van der Waals surface area contributed by atoms with E-state index in [-0.39, 0.29) is 0 Å². The molecule has 0 spiro atoms. The fourth-order valence-corrected chi connectivity index (χ4v) is 9.43. The van der Waals surface area contributed by atoms with Crippen LogP contribution < -0.4 is 0 Å². The molecule has 2 nitrogen and oxygen atoms in total. The minimum absolute atomic E-state index is 0.895. The quantitative estimate of drug-likeness (QED) is 0.173. The van der Waals surface area contributed by atoms with Crippen molar-refractivity contribution >= 4 is 82.1 Å². The fourth-order valence-electron chi connectivity index (χ4n) is 9.43. The maximum absolute atomic E-state index is 6.71. The van der Waals surface area contributed by atoms with Crippen LogP contribution in [-0.4, -0.2) is 0 Å². The Labute approximate surface area is 311 Å². The number of rotatable bonds is 3. The minimum Gasteiger partial charge on any atom is -0.456 e. The topological polar surface area (TPSA) is 26.3 Å². The molecule has 0 saturated carbocycles.